The van der Waals surface area contributed by atoms with Gasteiger partial charge in [-0.3, -0.25) is 9.59 Å². The summed E-state index contributed by atoms with van der Waals surface area (Å²) in [6, 6.07) is 16.6. The van der Waals surface area contributed by atoms with Crippen LogP contribution in [0.5, 0.6) is 0 Å². The van der Waals surface area contributed by atoms with E-state index in [1.54, 1.807) is 24.3 Å². The van der Waals surface area contributed by atoms with Crippen molar-refractivity contribution in [3.05, 3.63) is 71.0 Å². The van der Waals surface area contributed by atoms with Crippen molar-refractivity contribution in [3.8, 4) is 0 Å². The van der Waals surface area contributed by atoms with Gasteiger partial charge in [0.15, 0.2) is 11.0 Å². The van der Waals surface area contributed by atoms with Crippen molar-refractivity contribution in [2.45, 2.75) is 18.1 Å². The van der Waals surface area contributed by atoms with E-state index in [-0.39, 0.29) is 17.9 Å². The summed E-state index contributed by atoms with van der Waals surface area (Å²) in [5, 5.41) is 12.6. The minimum atomic E-state index is -0.350. The molecule has 0 bridgehead atoms. The number of amides is 2. The van der Waals surface area contributed by atoms with E-state index in [4.69, 9.17) is 11.6 Å². The molecule has 1 atom stereocenters. The van der Waals surface area contributed by atoms with Crippen LogP contribution in [-0.4, -0.2) is 63.4 Å². The topological polar surface area (TPSA) is 83.4 Å². The third-order valence-electron chi connectivity index (χ3n) is 5.79. The van der Waals surface area contributed by atoms with Crippen LogP contribution in [0.15, 0.2) is 59.8 Å². The average molecular weight is 499 g/mol. The molecule has 1 fully saturated rings. The van der Waals surface area contributed by atoms with E-state index in [2.05, 4.69) is 32.5 Å². The summed E-state index contributed by atoms with van der Waals surface area (Å²) in [6.45, 7) is 4.89. The first-order valence-electron chi connectivity index (χ1n) is 11.1. The van der Waals surface area contributed by atoms with Gasteiger partial charge >= 0.3 is 0 Å². The zero-order valence-corrected chi connectivity index (χ0v) is 20.7. The Morgan fingerprint density at radius 1 is 1.03 bits per heavy atom. The number of piperazine rings is 1. The van der Waals surface area contributed by atoms with Gasteiger partial charge in [0, 0.05) is 49.5 Å². The zero-order chi connectivity index (χ0) is 24.1. The van der Waals surface area contributed by atoms with Crippen molar-refractivity contribution in [1.29, 1.82) is 0 Å². The maximum atomic E-state index is 12.8. The Balaban J connectivity index is 1.28. The molecule has 10 heteroatoms. The van der Waals surface area contributed by atoms with Crippen molar-refractivity contribution in [3.63, 3.8) is 0 Å². The third-order valence-corrected chi connectivity index (χ3v) is 7.05. The van der Waals surface area contributed by atoms with E-state index in [1.807, 2.05) is 41.6 Å². The molecule has 1 saturated heterocycles. The Labute approximate surface area is 208 Å². The van der Waals surface area contributed by atoms with Crippen molar-refractivity contribution in [2.75, 3.05) is 36.8 Å². The minimum Gasteiger partial charge on any atom is -0.368 e. The third kappa shape index (κ3) is 5.71. The molecular formula is C24H27ClN6O2S. The molecule has 0 saturated carbocycles. The molecule has 2 heterocycles. The number of nitrogens with zero attached hydrogens (tertiary/aromatic N) is 5. The number of hydrogen-bond donors (Lipinski definition) is 1. The van der Waals surface area contributed by atoms with E-state index < -0.39 is 0 Å². The first kappa shape index (κ1) is 24.1. The highest BCUT2D eigenvalue weighted by molar-refractivity contribution is 7.99. The predicted octanol–water partition coefficient (Wildman–Crippen LogP) is 3.40. The number of hydrogen-bond acceptors (Lipinski definition) is 6. The molecule has 1 aliphatic rings. The summed E-state index contributed by atoms with van der Waals surface area (Å²) in [4.78, 5) is 29.4. The number of aromatic nitrogens is 3. The van der Waals surface area contributed by atoms with Gasteiger partial charge in [-0.15, -0.1) is 10.2 Å². The van der Waals surface area contributed by atoms with Gasteiger partial charge in [-0.05, 0) is 43.3 Å². The second-order valence-electron chi connectivity index (χ2n) is 8.09. The van der Waals surface area contributed by atoms with Crippen LogP contribution in [0.3, 0.4) is 0 Å². The van der Waals surface area contributed by atoms with Crippen LogP contribution in [-0.2, 0) is 11.8 Å². The quantitative estimate of drug-likeness (QED) is 0.503. The van der Waals surface area contributed by atoms with E-state index in [1.165, 1.54) is 17.4 Å². The van der Waals surface area contributed by atoms with Crippen molar-refractivity contribution in [1.82, 2.24) is 25.0 Å². The largest absolute Gasteiger partial charge is 0.368 e. The normalized spacial score (nSPS) is 14.7. The van der Waals surface area contributed by atoms with E-state index in [0.717, 1.165) is 13.1 Å². The second-order valence-corrected chi connectivity index (χ2v) is 9.47. The number of thioether (sulfide) groups is 1. The molecule has 4 rings (SSSR count). The molecule has 0 radical (unpaired) electrons. The molecule has 0 aliphatic carbocycles. The maximum Gasteiger partial charge on any atom is 0.251 e. The van der Waals surface area contributed by atoms with Crippen LogP contribution in [0.2, 0.25) is 5.02 Å². The number of para-hydroxylation sites is 1. The number of carbonyl (C=O) groups excluding carboxylic acids is 2. The van der Waals surface area contributed by atoms with E-state index >= 15 is 0 Å². The summed E-state index contributed by atoms with van der Waals surface area (Å²) in [7, 11) is 1.84. The molecular weight excluding hydrogens is 472 g/mol. The van der Waals surface area contributed by atoms with Gasteiger partial charge in [-0.1, -0.05) is 41.6 Å². The zero-order valence-electron chi connectivity index (χ0n) is 19.1. The number of anilines is 1. The van der Waals surface area contributed by atoms with Gasteiger partial charge < -0.3 is 19.7 Å². The number of halogens is 1. The standard InChI is InChI=1S/C24H27ClN6O2S/c1-17(26-23(33)18-8-10-19(25)11-9-18)22-27-28-24(29(22)2)34-16-21(32)31-14-12-30(13-15-31)20-6-4-3-5-7-20/h3-11,17H,12-16H2,1-2H3,(H,26,33)/t17-/m1/s1. The smallest absolute Gasteiger partial charge is 0.251 e. The first-order valence-corrected chi connectivity index (χ1v) is 12.4. The van der Waals surface area contributed by atoms with Gasteiger partial charge in [0.2, 0.25) is 5.91 Å². The van der Waals surface area contributed by atoms with Gasteiger partial charge in [0.25, 0.3) is 5.91 Å². The lowest BCUT2D eigenvalue weighted by atomic mass is 10.2. The highest BCUT2D eigenvalue weighted by Gasteiger charge is 2.23. The minimum absolute atomic E-state index is 0.0892. The fourth-order valence-electron chi connectivity index (χ4n) is 3.85. The number of nitrogens with one attached hydrogen (secondary N) is 1. The summed E-state index contributed by atoms with van der Waals surface area (Å²) >= 11 is 7.25. The van der Waals surface area contributed by atoms with Crippen LogP contribution in [0.25, 0.3) is 0 Å². The van der Waals surface area contributed by atoms with Gasteiger partial charge in [0.05, 0.1) is 11.8 Å². The SMILES string of the molecule is C[C@@H](NC(=O)c1ccc(Cl)cc1)c1nnc(SCC(=O)N2CCN(c3ccccc3)CC2)n1C. The Kier molecular flexibility index (Phi) is 7.74. The highest BCUT2D eigenvalue weighted by Crippen LogP contribution is 2.21. The Bertz CT molecular complexity index is 1130. The van der Waals surface area contributed by atoms with Crippen LogP contribution in [0.4, 0.5) is 5.69 Å². The van der Waals surface area contributed by atoms with Crippen molar-refractivity contribution >= 4 is 40.9 Å². The summed E-state index contributed by atoms with van der Waals surface area (Å²) in [5.41, 5.74) is 1.71. The molecule has 2 amide bonds. The lowest BCUT2D eigenvalue weighted by Gasteiger charge is -2.36. The molecule has 8 nitrogen and oxygen atoms in total. The summed E-state index contributed by atoms with van der Waals surface area (Å²) in [5.74, 6) is 0.786. The Hall–Kier alpha value is -3.04. The number of rotatable bonds is 7. The fourth-order valence-corrected chi connectivity index (χ4v) is 4.79. The second kappa shape index (κ2) is 10.9. The van der Waals surface area contributed by atoms with E-state index in [9.17, 15) is 9.59 Å². The van der Waals surface area contributed by atoms with Crippen LogP contribution < -0.4 is 10.2 Å². The molecule has 1 aromatic heterocycles. The van der Waals surface area contributed by atoms with Crippen LogP contribution >= 0.6 is 23.4 Å². The molecule has 0 spiro atoms. The molecule has 34 heavy (non-hydrogen) atoms. The predicted molar refractivity (Wildman–Crippen MR) is 134 cm³/mol. The molecule has 3 aromatic rings. The van der Waals surface area contributed by atoms with Crippen molar-refractivity contribution < 1.29 is 9.59 Å². The average Bonchev–Trinajstić information content (AvgIpc) is 3.23. The van der Waals surface area contributed by atoms with Gasteiger partial charge in [-0.2, -0.15) is 0 Å². The van der Waals surface area contributed by atoms with Crippen molar-refractivity contribution in [2.24, 2.45) is 7.05 Å². The molecule has 2 aromatic carbocycles. The summed E-state index contributed by atoms with van der Waals surface area (Å²) < 4.78 is 1.82. The monoisotopic (exact) mass is 498 g/mol. The summed E-state index contributed by atoms with van der Waals surface area (Å²) in [6.07, 6.45) is 0. The van der Waals surface area contributed by atoms with E-state index in [0.29, 0.717) is 40.4 Å². The molecule has 178 valence electrons. The number of carbonyl (C=O) groups is 2. The lowest BCUT2D eigenvalue weighted by Crippen LogP contribution is -2.49. The molecule has 1 N–H and O–H groups in total. The number of benzene rings is 2. The van der Waals surface area contributed by atoms with Gasteiger partial charge in [-0.25, -0.2) is 0 Å². The van der Waals surface area contributed by atoms with Crippen LogP contribution in [0, 0.1) is 0 Å². The Morgan fingerprint density at radius 2 is 1.71 bits per heavy atom. The van der Waals surface area contributed by atoms with Gasteiger partial charge in [0.1, 0.15) is 0 Å². The fraction of sp³-hybridized carbons (Fsp3) is 0.333. The maximum absolute atomic E-state index is 12.8. The molecule has 1 aliphatic heterocycles. The lowest BCUT2D eigenvalue weighted by molar-refractivity contribution is -0.128. The first-order chi connectivity index (χ1) is 16.4. The molecule has 0 unspecified atom stereocenters. The van der Waals surface area contributed by atoms with Crippen LogP contribution in [0.1, 0.15) is 29.1 Å². The highest BCUT2D eigenvalue weighted by atomic mass is 35.5. The Morgan fingerprint density at radius 3 is 2.38 bits per heavy atom.